The normalized spacial score (nSPS) is 15.5. The summed E-state index contributed by atoms with van der Waals surface area (Å²) in [7, 11) is -2.82. The van der Waals surface area contributed by atoms with E-state index in [1.807, 2.05) is 0 Å². The van der Waals surface area contributed by atoms with Gasteiger partial charge in [0.15, 0.2) is 0 Å². The number of carbonyl (C=O) groups is 2. The maximum absolute atomic E-state index is 12.6. The summed E-state index contributed by atoms with van der Waals surface area (Å²) in [6.45, 7) is -0.725. The fourth-order valence-electron chi connectivity index (χ4n) is 2.86. The SMILES string of the molecule is C#CCOP(=O)(OC)Oc1ccc2c3c(cccc13)C(=O)N(CCO)C2=O. The van der Waals surface area contributed by atoms with Crippen LogP contribution < -0.4 is 4.52 Å². The van der Waals surface area contributed by atoms with Gasteiger partial charge in [-0.25, -0.2) is 4.57 Å². The molecular weight excluding hydrogens is 373 g/mol. The van der Waals surface area contributed by atoms with E-state index < -0.39 is 19.6 Å². The van der Waals surface area contributed by atoms with Crippen LogP contribution in [0.3, 0.4) is 0 Å². The molecule has 0 spiro atoms. The Morgan fingerprint density at radius 3 is 2.52 bits per heavy atom. The van der Waals surface area contributed by atoms with E-state index in [0.717, 1.165) is 12.0 Å². The lowest BCUT2D eigenvalue weighted by atomic mass is 9.93. The number of aliphatic hydroxyl groups is 1. The number of hydrogen-bond acceptors (Lipinski definition) is 7. The second kappa shape index (κ2) is 7.51. The third-order valence-corrected chi connectivity index (χ3v) is 5.33. The molecule has 1 unspecified atom stereocenters. The molecule has 0 saturated carbocycles. The van der Waals surface area contributed by atoms with Crippen molar-refractivity contribution < 1.29 is 32.8 Å². The molecule has 0 bridgehead atoms. The van der Waals surface area contributed by atoms with Crippen LogP contribution in [0.1, 0.15) is 20.7 Å². The molecule has 8 nitrogen and oxygen atoms in total. The number of imide groups is 1. The van der Waals surface area contributed by atoms with Crippen molar-refractivity contribution >= 4 is 30.4 Å². The predicted molar refractivity (Wildman–Crippen MR) is 96.4 cm³/mol. The molecule has 1 atom stereocenters. The van der Waals surface area contributed by atoms with Gasteiger partial charge in [0.1, 0.15) is 12.4 Å². The number of rotatable bonds is 7. The predicted octanol–water partition coefficient (Wildman–Crippen LogP) is 2.21. The highest BCUT2D eigenvalue weighted by atomic mass is 31.2. The number of hydrogen-bond donors (Lipinski definition) is 1. The van der Waals surface area contributed by atoms with Crippen molar-refractivity contribution in [3.63, 3.8) is 0 Å². The van der Waals surface area contributed by atoms with Gasteiger partial charge >= 0.3 is 7.82 Å². The van der Waals surface area contributed by atoms with Gasteiger partial charge in [-0.3, -0.25) is 23.5 Å². The van der Waals surface area contributed by atoms with Crippen LogP contribution in [-0.2, 0) is 13.6 Å². The molecule has 0 aromatic heterocycles. The third kappa shape index (κ3) is 3.34. The fraction of sp³-hybridized carbons (Fsp3) is 0.222. The first-order chi connectivity index (χ1) is 13.0. The zero-order chi connectivity index (χ0) is 19.6. The minimum absolute atomic E-state index is 0.107. The van der Waals surface area contributed by atoms with E-state index >= 15 is 0 Å². The summed E-state index contributed by atoms with van der Waals surface area (Å²) in [5.74, 6) is 1.24. The van der Waals surface area contributed by atoms with Gasteiger partial charge in [-0.1, -0.05) is 18.1 Å². The second-order valence-corrected chi connectivity index (χ2v) is 7.22. The van der Waals surface area contributed by atoms with Crippen molar-refractivity contribution in [3.05, 3.63) is 41.5 Å². The molecule has 140 valence electrons. The van der Waals surface area contributed by atoms with Crippen LogP contribution in [0.15, 0.2) is 30.3 Å². The lowest BCUT2D eigenvalue weighted by Crippen LogP contribution is -2.41. The minimum atomic E-state index is -3.97. The average molecular weight is 389 g/mol. The quantitative estimate of drug-likeness (QED) is 0.440. The van der Waals surface area contributed by atoms with Crippen LogP contribution in [0.4, 0.5) is 0 Å². The number of amides is 2. The molecule has 1 aliphatic rings. The summed E-state index contributed by atoms with van der Waals surface area (Å²) in [5, 5.41) is 9.90. The number of aliphatic hydroxyl groups excluding tert-OH is 1. The maximum atomic E-state index is 12.6. The highest BCUT2D eigenvalue weighted by molar-refractivity contribution is 7.48. The van der Waals surface area contributed by atoms with Gasteiger partial charge in [-0.2, -0.15) is 0 Å². The number of benzene rings is 2. The molecule has 27 heavy (non-hydrogen) atoms. The lowest BCUT2D eigenvalue weighted by molar-refractivity contribution is 0.0580. The maximum Gasteiger partial charge on any atom is 0.530 e. The number of phosphoric ester groups is 1. The Morgan fingerprint density at radius 1 is 1.19 bits per heavy atom. The average Bonchev–Trinajstić information content (AvgIpc) is 2.68. The third-order valence-electron chi connectivity index (χ3n) is 4.02. The van der Waals surface area contributed by atoms with Crippen LogP contribution >= 0.6 is 7.82 Å². The first-order valence-electron chi connectivity index (χ1n) is 7.92. The highest BCUT2D eigenvalue weighted by Gasteiger charge is 2.34. The van der Waals surface area contributed by atoms with Gasteiger partial charge < -0.3 is 9.63 Å². The molecule has 2 aromatic carbocycles. The Bertz CT molecular complexity index is 988. The van der Waals surface area contributed by atoms with Crippen LogP contribution in [0, 0.1) is 12.3 Å². The van der Waals surface area contributed by atoms with Crippen LogP contribution in [0.5, 0.6) is 5.75 Å². The Kier molecular flexibility index (Phi) is 5.31. The number of β-amino-alcohol motifs (C(OH)–C–C–N with tert-alkyl or cyclic N) is 1. The van der Waals surface area contributed by atoms with Gasteiger partial charge in [0.25, 0.3) is 11.8 Å². The summed E-state index contributed by atoms with van der Waals surface area (Å²) in [6, 6.07) is 7.71. The molecule has 2 aromatic rings. The lowest BCUT2D eigenvalue weighted by Gasteiger charge is -2.27. The summed E-state index contributed by atoms with van der Waals surface area (Å²) in [6.07, 6.45) is 5.10. The molecule has 9 heteroatoms. The first kappa shape index (κ1) is 19.1. The monoisotopic (exact) mass is 389 g/mol. The van der Waals surface area contributed by atoms with E-state index in [1.165, 1.54) is 12.1 Å². The Hall–Kier alpha value is -2.69. The molecule has 0 radical (unpaired) electrons. The number of carbonyl (C=O) groups excluding carboxylic acids is 2. The summed E-state index contributed by atoms with van der Waals surface area (Å²) in [4.78, 5) is 26.2. The van der Waals surface area contributed by atoms with E-state index in [4.69, 9.17) is 25.1 Å². The molecule has 0 aliphatic carbocycles. The summed E-state index contributed by atoms with van der Waals surface area (Å²) < 4.78 is 27.8. The van der Waals surface area contributed by atoms with Crippen molar-refractivity contribution in [1.29, 1.82) is 0 Å². The molecule has 1 aliphatic heterocycles. The van der Waals surface area contributed by atoms with Crippen molar-refractivity contribution in [2.75, 3.05) is 26.9 Å². The first-order valence-corrected chi connectivity index (χ1v) is 9.38. The zero-order valence-electron chi connectivity index (χ0n) is 14.4. The molecule has 1 N–H and O–H groups in total. The molecule has 3 rings (SSSR count). The molecule has 2 amide bonds. The Labute approximate surface area is 155 Å². The Morgan fingerprint density at radius 2 is 1.89 bits per heavy atom. The van der Waals surface area contributed by atoms with Crippen LogP contribution in [-0.4, -0.2) is 48.7 Å². The van der Waals surface area contributed by atoms with Crippen LogP contribution in [0.2, 0.25) is 0 Å². The van der Waals surface area contributed by atoms with Gasteiger partial charge in [0.05, 0.1) is 13.2 Å². The number of phosphoric acid groups is 1. The second-order valence-electron chi connectivity index (χ2n) is 5.52. The van der Waals surface area contributed by atoms with Gasteiger partial charge in [-0.15, -0.1) is 6.42 Å². The van der Waals surface area contributed by atoms with Crippen LogP contribution in [0.25, 0.3) is 10.8 Å². The standard InChI is InChI=1S/C18H16NO7P/c1-3-11-25-27(23,24-2)26-15-8-7-14-16-12(15)5-4-6-13(16)17(21)19(9-10-20)18(14)22/h1,4-8,20H,9-11H2,2H3. The van der Waals surface area contributed by atoms with Crippen molar-refractivity contribution in [3.8, 4) is 18.1 Å². The molecule has 0 fully saturated rings. The summed E-state index contributed by atoms with van der Waals surface area (Å²) in [5.41, 5.74) is 0.551. The number of nitrogens with zero attached hydrogens (tertiary/aromatic N) is 1. The molecule has 1 heterocycles. The zero-order valence-corrected chi connectivity index (χ0v) is 15.3. The molecule has 0 saturated heterocycles. The van der Waals surface area contributed by atoms with Crippen molar-refractivity contribution in [2.24, 2.45) is 0 Å². The van der Waals surface area contributed by atoms with E-state index in [-0.39, 0.29) is 36.6 Å². The summed E-state index contributed by atoms with van der Waals surface area (Å²) >= 11 is 0. The van der Waals surface area contributed by atoms with Crippen molar-refractivity contribution in [1.82, 2.24) is 4.90 Å². The van der Waals surface area contributed by atoms with Gasteiger partial charge in [-0.05, 0) is 18.2 Å². The van der Waals surface area contributed by atoms with E-state index in [9.17, 15) is 14.2 Å². The van der Waals surface area contributed by atoms with Gasteiger partial charge in [0, 0.05) is 29.0 Å². The fourth-order valence-corrected chi connectivity index (χ4v) is 3.72. The largest absolute Gasteiger partial charge is 0.530 e. The topological polar surface area (TPSA) is 102 Å². The minimum Gasteiger partial charge on any atom is -0.403 e. The van der Waals surface area contributed by atoms with E-state index in [2.05, 4.69) is 5.92 Å². The van der Waals surface area contributed by atoms with Crippen molar-refractivity contribution in [2.45, 2.75) is 0 Å². The molecular formula is C18H16NO7P. The Balaban J connectivity index is 2.12. The van der Waals surface area contributed by atoms with E-state index in [0.29, 0.717) is 10.8 Å². The van der Waals surface area contributed by atoms with Gasteiger partial charge in [0.2, 0.25) is 0 Å². The van der Waals surface area contributed by atoms with E-state index in [1.54, 1.807) is 18.2 Å². The highest BCUT2D eigenvalue weighted by Crippen LogP contribution is 2.50. The number of terminal acetylenes is 1. The smallest absolute Gasteiger partial charge is 0.403 e.